The highest BCUT2D eigenvalue weighted by molar-refractivity contribution is 9.10. The molecule has 1 unspecified atom stereocenters. The maximum Gasteiger partial charge on any atom is 0.191 e. The summed E-state index contributed by atoms with van der Waals surface area (Å²) in [7, 11) is -3.74. The van der Waals surface area contributed by atoms with Gasteiger partial charge < -0.3 is 0 Å². The second kappa shape index (κ2) is 5.97. The number of rotatable bonds is 4. The second-order valence-electron chi connectivity index (χ2n) is 4.09. The molecule has 0 amide bonds. The van der Waals surface area contributed by atoms with Gasteiger partial charge in [-0.15, -0.1) is 11.3 Å². The molecular weight excluding hydrogens is 384 g/mol. The van der Waals surface area contributed by atoms with Gasteiger partial charge in [-0.05, 0) is 47.1 Å². The van der Waals surface area contributed by atoms with Crippen LogP contribution in [0.2, 0.25) is 4.34 Å². The van der Waals surface area contributed by atoms with Crippen LogP contribution in [0.3, 0.4) is 0 Å². The number of halogens is 2. The fraction of sp³-hybridized carbons (Fsp3) is 0.154. The minimum absolute atomic E-state index is 0.114. The average Bonchev–Trinajstić information content (AvgIpc) is 2.84. The SMILES string of the molecule is CC(C(=O)c1ccc(Cl)s1)S(=O)(=O)c1ccccc1Br. The van der Waals surface area contributed by atoms with Gasteiger partial charge in [0.05, 0.1) is 14.1 Å². The predicted octanol–water partition coefficient (Wildman–Crippen LogP) is 4.21. The zero-order chi connectivity index (χ0) is 14.9. The fourth-order valence-corrected chi connectivity index (χ4v) is 5.16. The van der Waals surface area contributed by atoms with Crippen molar-refractivity contribution >= 4 is 54.5 Å². The number of thiophene rings is 1. The summed E-state index contributed by atoms with van der Waals surface area (Å²) >= 11 is 10.1. The third-order valence-electron chi connectivity index (χ3n) is 2.79. The van der Waals surface area contributed by atoms with E-state index in [2.05, 4.69) is 15.9 Å². The van der Waals surface area contributed by atoms with E-state index in [1.54, 1.807) is 30.3 Å². The highest BCUT2D eigenvalue weighted by Gasteiger charge is 2.32. The lowest BCUT2D eigenvalue weighted by atomic mass is 10.2. The van der Waals surface area contributed by atoms with E-state index >= 15 is 0 Å². The monoisotopic (exact) mass is 392 g/mol. The maximum absolute atomic E-state index is 12.5. The van der Waals surface area contributed by atoms with E-state index in [4.69, 9.17) is 11.6 Å². The molecule has 2 rings (SSSR count). The second-order valence-corrected chi connectivity index (χ2v) is 8.89. The lowest BCUT2D eigenvalue weighted by molar-refractivity contribution is 0.0995. The molecule has 1 aromatic heterocycles. The van der Waals surface area contributed by atoms with Gasteiger partial charge in [0.25, 0.3) is 0 Å². The molecule has 2 aromatic rings. The van der Waals surface area contributed by atoms with Gasteiger partial charge >= 0.3 is 0 Å². The molecule has 1 heterocycles. The minimum Gasteiger partial charge on any atom is -0.292 e. The zero-order valence-electron chi connectivity index (χ0n) is 10.3. The predicted molar refractivity (Wildman–Crippen MR) is 84.4 cm³/mol. The summed E-state index contributed by atoms with van der Waals surface area (Å²) in [4.78, 5) is 12.7. The first-order chi connectivity index (χ1) is 9.34. The standard InChI is InChI=1S/C13H10BrClO3S2/c1-8(13(16)10-6-7-12(15)19-10)20(17,18)11-5-3-2-4-9(11)14/h2-8H,1H3. The summed E-state index contributed by atoms with van der Waals surface area (Å²) in [6, 6.07) is 9.57. The quantitative estimate of drug-likeness (QED) is 0.731. The molecule has 0 bridgehead atoms. The molecule has 7 heteroatoms. The summed E-state index contributed by atoms with van der Waals surface area (Å²) in [5.41, 5.74) is 0. The van der Waals surface area contributed by atoms with E-state index in [0.29, 0.717) is 13.7 Å². The van der Waals surface area contributed by atoms with Crippen molar-refractivity contribution in [2.45, 2.75) is 17.1 Å². The highest BCUT2D eigenvalue weighted by atomic mass is 79.9. The highest BCUT2D eigenvalue weighted by Crippen LogP contribution is 2.29. The maximum atomic E-state index is 12.5. The number of carbonyl (C=O) groups excluding carboxylic acids is 1. The normalized spacial score (nSPS) is 13.2. The van der Waals surface area contributed by atoms with Gasteiger partial charge in [-0.3, -0.25) is 4.79 Å². The van der Waals surface area contributed by atoms with Gasteiger partial charge in [0.1, 0.15) is 5.25 Å². The first-order valence-electron chi connectivity index (χ1n) is 5.62. The largest absolute Gasteiger partial charge is 0.292 e. The Balaban J connectivity index is 2.40. The summed E-state index contributed by atoms with van der Waals surface area (Å²) in [6.45, 7) is 1.39. The van der Waals surface area contributed by atoms with Crippen molar-refractivity contribution in [3.05, 3.63) is 50.1 Å². The van der Waals surface area contributed by atoms with Gasteiger partial charge in [-0.2, -0.15) is 0 Å². The van der Waals surface area contributed by atoms with E-state index in [0.717, 1.165) is 11.3 Å². The molecule has 0 saturated heterocycles. The number of carbonyl (C=O) groups is 1. The van der Waals surface area contributed by atoms with Crippen molar-refractivity contribution in [1.29, 1.82) is 0 Å². The Morgan fingerprint density at radius 1 is 1.25 bits per heavy atom. The first-order valence-corrected chi connectivity index (χ1v) is 9.15. The molecule has 0 N–H and O–H groups in total. The molecule has 0 fully saturated rings. The van der Waals surface area contributed by atoms with Crippen LogP contribution in [-0.2, 0) is 9.84 Å². The van der Waals surface area contributed by atoms with E-state index in [1.165, 1.54) is 13.0 Å². The molecule has 20 heavy (non-hydrogen) atoms. The van der Waals surface area contributed by atoms with Crippen LogP contribution in [0.1, 0.15) is 16.6 Å². The van der Waals surface area contributed by atoms with Gasteiger partial charge in [0.15, 0.2) is 15.6 Å². The van der Waals surface area contributed by atoms with Gasteiger partial charge in [0.2, 0.25) is 0 Å². The smallest absolute Gasteiger partial charge is 0.191 e. The van der Waals surface area contributed by atoms with Crippen molar-refractivity contribution in [3.8, 4) is 0 Å². The molecule has 0 radical (unpaired) electrons. The van der Waals surface area contributed by atoms with E-state index in [9.17, 15) is 13.2 Å². The van der Waals surface area contributed by atoms with Gasteiger partial charge in [-0.25, -0.2) is 8.42 Å². The summed E-state index contributed by atoms with van der Waals surface area (Å²) in [5, 5.41) is -1.16. The molecule has 1 atom stereocenters. The van der Waals surface area contributed by atoms with Crippen molar-refractivity contribution in [2.24, 2.45) is 0 Å². The van der Waals surface area contributed by atoms with Crippen molar-refractivity contribution in [3.63, 3.8) is 0 Å². The Hall–Kier alpha value is -0.690. The lowest BCUT2D eigenvalue weighted by Gasteiger charge is -2.12. The number of sulfone groups is 1. The van der Waals surface area contributed by atoms with E-state index in [1.807, 2.05) is 0 Å². The first kappa shape index (κ1) is 15.7. The third-order valence-corrected chi connectivity index (χ3v) is 7.11. The van der Waals surface area contributed by atoms with Crippen LogP contribution in [0.4, 0.5) is 0 Å². The Kier molecular flexibility index (Phi) is 4.69. The van der Waals surface area contributed by atoms with Crippen molar-refractivity contribution in [1.82, 2.24) is 0 Å². The van der Waals surface area contributed by atoms with Crippen LogP contribution < -0.4 is 0 Å². The van der Waals surface area contributed by atoms with Gasteiger partial charge in [-0.1, -0.05) is 23.7 Å². The summed E-state index contributed by atoms with van der Waals surface area (Å²) < 4.78 is 25.9. The third kappa shape index (κ3) is 2.98. The number of hydrogen-bond donors (Lipinski definition) is 0. The fourth-order valence-electron chi connectivity index (χ4n) is 1.65. The Morgan fingerprint density at radius 3 is 2.45 bits per heavy atom. The van der Waals surface area contributed by atoms with Crippen molar-refractivity contribution in [2.75, 3.05) is 0 Å². The molecular formula is C13H10BrClO3S2. The minimum atomic E-state index is -3.74. The van der Waals surface area contributed by atoms with Crippen LogP contribution in [0.15, 0.2) is 45.8 Å². The number of ketones is 1. The molecule has 0 spiro atoms. The molecule has 0 aliphatic rings. The number of hydrogen-bond acceptors (Lipinski definition) is 4. The molecule has 1 aromatic carbocycles. The Morgan fingerprint density at radius 2 is 1.90 bits per heavy atom. The molecule has 3 nitrogen and oxygen atoms in total. The van der Waals surface area contributed by atoms with E-state index in [-0.39, 0.29) is 4.90 Å². The lowest BCUT2D eigenvalue weighted by Crippen LogP contribution is -2.27. The molecule has 0 aliphatic heterocycles. The Labute approximate surface area is 134 Å². The molecule has 106 valence electrons. The zero-order valence-corrected chi connectivity index (χ0v) is 14.3. The van der Waals surface area contributed by atoms with Crippen LogP contribution in [0.5, 0.6) is 0 Å². The number of Topliss-reactive ketones (excluding diaryl/α,β-unsaturated/α-hetero) is 1. The van der Waals surface area contributed by atoms with Crippen LogP contribution in [0.25, 0.3) is 0 Å². The molecule has 0 saturated carbocycles. The average molecular weight is 394 g/mol. The van der Waals surface area contributed by atoms with Crippen LogP contribution >= 0.6 is 38.9 Å². The molecule has 0 aliphatic carbocycles. The summed E-state index contributed by atoms with van der Waals surface area (Å²) in [5.74, 6) is -0.447. The van der Waals surface area contributed by atoms with Crippen LogP contribution in [0, 0.1) is 0 Å². The van der Waals surface area contributed by atoms with Gasteiger partial charge in [0, 0.05) is 4.47 Å². The van der Waals surface area contributed by atoms with Crippen molar-refractivity contribution < 1.29 is 13.2 Å². The van der Waals surface area contributed by atoms with E-state index < -0.39 is 20.9 Å². The number of benzene rings is 1. The Bertz CT molecular complexity index is 752. The van der Waals surface area contributed by atoms with Crippen LogP contribution in [-0.4, -0.2) is 19.5 Å². The topological polar surface area (TPSA) is 51.2 Å². The summed E-state index contributed by atoms with van der Waals surface area (Å²) in [6.07, 6.45) is 0.